The summed E-state index contributed by atoms with van der Waals surface area (Å²) in [6.45, 7) is 0. The van der Waals surface area contributed by atoms with Crippen LogP contribution in [0.5, 0.6) is 0 Å². The molecule has 0 spiro atoms. The number of alkyl halides is 3. The standard InChI is InChI=1S/C16H10BrF3N2O/c1-22-8-6-11(16(18,19)20)13(15(22)23)14-10-3-2-4-12(17)9(10)5-7-21-14/h2-8H,1H3. The van der Waals surface area contributed by atoms with Crippen LogP contribution >= 0.6 is 15.9 Å². The molecule has 1 aromatic carbocycles. The largest absolute Gasteiger partial charge is 0.417 e. The van der Waals surface area contributed by atoms with E-state index >= 15 is 0 Å². The van der Waals surface area contributed by atoms with E-state index in [0.717, 1.165) is 21.3 Å². The van der Waals surface area contributed by atoms with Crippen LogP contribution in [0, 0.1) is 0 Å². The average molecular weight is 383 g/mol. The molecule has 0 unspecified atom stereocenters. The van der Waals surface area contributed by atoms with Crippen LogP contribution in [0.4, 0.5) is 13.2 Å². The van der Waals surface area contributed by atoms with E-state index in [4.69, 9.17) is 0 Å². The van der Waals surface area contributed by atoms with Gasteiger partial charge in [-0.25, -0.2) is 0 Å². The van der Waals surface area contributed by atoms with Gasteiger partial charge < -0.3 is 4.57 Å². The first-order valence-electron chi connectivity index (χ1n) is 6.61. The van der Waals surface area contributed by atoms with E-state index in [9.17, 15) is 18.0 Å². The maximum Gasteiger partial charge on any atom is 0.417 e. The molecular formula is C16H10BrF3N2O. The normalized spacial score (nSPS) is 11.9. The molecule has 0 aliphatic carbocycles. The summed E-state index contributed by atoms with van der Waals surface area (Å²) in [5.74, 6) is 0. The van der Waals surface area contributed by atoms with E-state index in [0.29, 0.717) is 10.8 Å². The highest BCUT2D eigenvalue weighted by Crippen LogP contribution is 2.37. The Morgan fingerprint density at radius 2 is 1.87 bits per heavy atom. The second-order valence-corrected chi connectivity index (χ2v) is 5.87. The maximum absolute atomic E-state index is 13.3. The predicted molar refractivity (Wildman–Crippen MR) is 85.1 cm³/mol. The van der Waals surface area contributed by atoms with Crippen molar-refractivity contribution in [1.82, 2.24) is 9.55 Å². The smallest absolute Gasteiger partial charge is 0.318 e. The Balaban J connectivity index is 2.47. The average Bonchev–Trinajstić information content (AvgIpc) is 2.49. The van der Waals surface area contributed by atoms with E-state index in [1.165, 1.54) is 13.2 Å². The number of rotatable bonds is 1. The SMILES string of the molecule is Cn1ccc(C(F)(F)F)c(-c2nccc3c(Br)cccc23)c1=O. The van der Waals surface area contributed by atoms with E-state index in [1.54, 1.807) is 24.3 Å². The lowest BCUT2D eigenvalue weighted by molar-refractivity contribution is -0.137. The van der Waals surface area contributed by atoms with Gasteiger partial charge in [-0.1, -0.05) is 28.1 Å². The molecule has 3 aromatic rings. The number of fused-ring (bicyclic) bond motifs is 1. The molecule has 0 amide bonds. The van der Waals surface area contributed by atoms with Crippen molar-refractivity contribution >= 4 is 26.7 Å². The Hall–Kier alpha value is -2.15. The van der Waals surface area contributed by atoms with Crippen LogP contribution in [0.25, 0.3) is 22.0 Å². The number of aromatic nitrogens is 2. The number of benzene rings is 1. The molecule has 2 heterocycles. The van der Waals surface area contributed by atoms with Crippen molar-refractivity contribution in [3.8, 4) is 11.3 Å². The Bertz CT molecular complexity index is 964. The highest BCUT2D eigenvalue weighted by atomic mass is 79.9. The Morgan fingerprint density at radius 3 is 2.57 bits per heavy atom. The van der Waals surface area contributed by atoms with Crippen molar-refractivity contribution in [3.63, 3.8) is 0 Å². The maximum atomic E-state index is 13.3. The second kappa shape index (κ2) is 5.49. The van der Waals surface area contributed by atoms with Crippen molar-refractivity contribution in [1.29, 1.82) is 0 Å². The van der Waals surface area contributed by atoms with Crippen molar-refractivity contribution in [2.75, 3.05) is 0 Å². The summed E-state index contributed by atoms with van der Waals surface area (Å²) in [5.41, 5.74) is -2.14. The fraction of sp³-hybridized carbons (Fsp3) is 0.125. The summed E-state index contributed by atoms with van der Waals surface area (Å²) in [5, 5.41) is 1.17. The highest BCUT2D eigenvalue weighted by Gasteiger charge is 2.36. The molecule has 7 heteroatoms. The lowest BCUT2D eigenvalue weighted by atomic mass is 10.0. The van der Waals surface area contributed by atoms with Gasteiger partial charge in [-0.2, -0.15) is 13.2 Å². The first kappa shape index (κ1) is 15.7. The van der Waals surface area contributed by atoms with Crippen LogP contribution in [0.15, 0.2) is 52.0 Å². The lowest BCUT2D eigenvalue weighted by Gasteiger charge is -2.14. The van der Waals surface area contributed by atoms with Crippen LogP contribution in [0.3, 0.4) is 0 Å². The molecule has 0 saturated carbocycles. The van der Waals surface area contributed by atoms with Crippen molar-refractivity contribution in [2.45, 2.75) is 6.18 Å². The molecule has 0 aliphatic heterocycles. The second-order valence-electron chi connectivity index (χ2n) is 5.01. The number of pyridine rings is 2. The summed E-state index contributed by atoms with van der Waals surface area (Å²) in [6, 6.07) is 7.70. The summed E-state index contributed by atoms with van der Waals surface area (Å²) in [7, 11) is 1.41. The summed E-state index contributed by atoms with van der Waals surface area (Å²) in [4.78, 5) is 16.4. The van der Waals surface area contributed by atoms with Gasteiger partial charge in [0, 0.05) is 29.3 Å². The molecule has 0 N–H and O–H groups in total. The van der Waals surface area contributed by atoms with Gasteiger partial charge in [-0.05, 0) is 23.6 Å². The van der Waals surface area contributed by atoms with Crippen LogP contribution in [-0.4, -0.2) is 9.55 Å². The molecule has 23 heavy (non-hydrogen) atoms. The third kappa shape index (κ3) is 2.65. The molecule has 118 valence electrons. The van der Waals surface area contributed by atoms with E-state index in [2.05, 4.69) is 20.9 Å². The third-order valence-electron chi connectivity index (χ3n) is 3.56. The van der Waals surface area contributed by atoms with Gasteiger partial charge in [0.15, 0.2) is 0 Å². The van der Waals surface area contributed by atoms with E-state index in [1.807, 2.05) is 0 Å². The molecule has 3 rings (SSSR count). The van der Waals surface area contributed by atoms with E-state index in [-0.39, 0.29) is 5.69 Å². The first-order chi connectivity index (χ1) is 10.8. The van der Waals surface area contributed by atoms with E-state index < -0.39 is 22.9 Å². The minimum atomic E-state index is -4.64. The molecule has 0 fully saturated rings. The zero-order valence-corrected chi connectivity index (χ0v) is 13.4. The molecular weight excluding hydrogens is 373 g/mol. The lowest BCUT2D eigenvalue weighted by Crippen LogP contribution is -2.23. The predicted octanol–water partition coefficient (Wildman–Crippen LogP) is 4.38. The molecule has 0 saturated heterocycles. The zero-order chi connectivity index (χ0) is 16.8. The van der Waals surface area contributed by atoms with Crippen molar-refractivity contribution in [3.05, 3.63) is 63.1 Å². The minimum absolute atomic E-state index is 0.0253. The van der Waals surface area contributed by atoms with Crippen molar-refractivity contribution < 1.29 is 13.2 Å². The summed E-state index contributed by atoms with van der Waals surface area (Å²) < 4.78 is 41.9. The number of hydrogen-bond donors (Lipinski definition) is 0. The molecule has 0 aliphatic rings. The fourth-order valence-corrected chi connectivity index (χ4v) is 2.96. The van der Waals surface area contributed by atoms with Gasteiger partial charge >= 0.3 is 6.18 Å². The number of hydrogen-bond acceptors (Lipinski definition) is 2. The third-order valence-corrected chi connectivity index (χ3v) is 4.25. The molecule has 2 aromatic heterocycles. The van der Waals surface area contributed by atoms with Crippen molar-refractivity contribution in [2.24, 2.45) is 7.05 Å². The monoisotopic (exact) mass is 382 g/mol. The Morgan fingerprint density at radius 1 is 1.13 bits per heavy atom. The number of nitrogens with zero attached hydrogens (tertiary/aromatic N) is 2. The van der Waals surface area contributed by atoms with Crippen LogP contribution in [0.2, 0.25) is 0 Å². The Labute approximate surface area is 137 Å². The molecule has 3 nitrogen and oxygen atoms in total. The molecule has 0 radical (unpaired) electrons. The summed E-state index contributed by atoms with van der Waals surface area (Å²) >= 11 is 3.36. The number of aryl methyl sites for hydroxylation is 1. The van der Waals surface area contributed by atoms with Crippen LogP contribution in [0.1, 0.15) is 5.56 Å². The van der Waals surface area contributed by atoms with Crippen LogP contribution in [-0.2, 0) is 13.2 Å². The quantitative estimate of drug-likeness (QED) is 0.625. The van der Waals surface area contributed by atoms with Gasteiger partial charge in [0.05, 0.1) is 16.8 Å². The van der Waals surface area contributed by atoms with Gasteiger partial charge in [0.1, 0.15) is 0 Å². The number of halogens is 4. The zero-order valence-electron chi connectivity index (χ0n) is 11.9. The van der Waals surface area contributed by atoms with Gasteiger partial charge in [-0.3, -0.25) is 9.78 Å². The van der Waals surface area contributed by atoms with Crippen LogP contribution < -0.4 is 5.56 Å². The topological polar surface area (TPSA) is 34.9 Å². The fourth-order valence-electron chi connectivity index (χ4n) is 2.46. The van der Waals surface area contributed by atoms with Gasteiger partial charge in [0.25, 0.3) is 5.56 Å². The summed E-state index contributed by atoms with van der Waals surface area (Å²) in [6.07, 6.45) is -2.14. The minimum Gasteiger partial charge on any atom is -0.318 e. The van der Waals surface area contributed by atoms with Gasteiger partial charge in [-0.15, -0.1) is 0 Å². The van der Waals surface area contributed by atoms with Gasteiger partial charge in [0.2, 0.25) is 0 Å². The highest BCUT2D eigenvalue weighted by molar-refractivity contribution is 9.10. The molecule has 0 atom stereocenters. The first-order valence-corrected chi connectivity index (χ1v) is 7.40. The molecule has 0 bridgehead atoms. The Kier molecular flexibility index (Phi) is 3.75.